The van der Waals surface area contributed by atoms with Crippen molar-refractivity contribution in [2.24, 2.45) is 11.3 Å². The van der Waals surface area contributed by atoms with Crippen molar-refractivity contribution in [2.45, 2.75) is 69.7 Å². The summed E-state index contributed by atoms with van der Waals surface area (Å²) in [5, 5.41) is 29.8. The molecule has 3 aliphatic rings. The molecule has 6 heteroatoms. The van der Waals surface area contributed by atoms with Gasteiger partial charge < -0.3 is 29.5 Å². The van der Waals surface area contributed by atoms with Gasteiger partial charge in [-0.05, 0) is 24.3 Å². The molecular weight excluding hydrogens is 348 g/mol. The SMILES string of the molecule is CC1(C)[C@@H](O[C@@H]2OC[C@@H](O)[C@H](O)[C@H]2O)CC[C@]2(C)c3ccccc3OC[C@H]12. The van der Waals surface area contributed by atoms with Crippen LogP contribution in [0.3, 0.4) is 0 Å². The standard InChI is InChI=1S/C21H30O6/c1-20(2)15-11-25-14-7-5-4-6-12(14)21(15,3)9-8-16(20)27-19-18(24)17(23)13(22)10-26-19/h4-7,13,15-19,22-24H,8-11H2,1-3H3/t13-,15-,16+,17+,18-,19+,21-/m1/s1. The fraction of sp³-hybridized carbons (Fsp3) is 0.714. The van der Waals surface area contributed by atoms with Gasteiger partial charge in [-0.15, -0.1) is 0 Å². The highest BCUT2D eigenvalue weighted by Crippen LogP contribution is 2.57. The molecule has 0 amide bonds. The van der Waals surface area contributed by atoms with Crippen molar-refractivity contribution >= 4 is 0 Å². The quantitative estimate of drug-likeness (QED) is 0.724. The van der Waals surface area contributed by atoms with Crippen LogP contribution in [-0.2, 0) is 14.9 Å². The summed E-state index contributed by atoms with van der Waals surface area (Å²) in [7, 11) is 0. The first-order chi connectivity index (χ1) is 12.7. The fourth-order valence-corrected chi connectivity index (χ4v) is 5.29. The Bertz CT molecular complexity index is 691. The van der Waals surface area contributed by atoms with E-state index in [1.165, 1.54) is 5.56 Å². The van der Waals surface area contributed by atoms with Crippen molar-refractivity contribution in [2.75, 3.05) is 13.2 Å². The molecule has 2 aliphatic heterocycles. The molecule has 4 rings (SSSR count). The van der Waals surface area contributed by atoms with E-state index in [0.717, 1.165) is 18.6 Å². The van der Waals surface area contributed by atoms with Gasteiger partial charge in [-0.3, -0.25) is 0 Å². The summed E-state index contributed by atoms with van der Waals surface area (Å²) in [6.07, 6.45) is -2.93. The molecule has 1 aliphatic carbocycles. The maximum absolute atomic E-state index is 10.2. The van der Waals surface area contributed by atoms with Gasteiger partial charge in [0.1, 0.15) is 24.1 Å². The molecule has 0 aromatic heterocycles. The Kier molecular flexibility index (Phi) is 4.76. The van der Waals surface area contributed by atoms with Crippen LogP contribution in [0, 0.1) is 11.3 Å². The third-order valence-corrected chi connectivity index (χ3v) is 7.08. The van der Waals surface area contributed by atoms with Crippen LogP contribution in [0.1, 0.15) is 39.2 Å². The number of ether oxygens (including phenoxy) is 3. The van der Waals surface area contributed by atoms with Gasteiger partial charge >= 0.3 is 0 Å². The molecule has 0 radical (unpaired) electrons. The normalized spacial score (nSPS) is 43.3. The van der Waals surface area contributed by atoms with Crippen molar-refractivity contribution in [1.82, 2.24) is 0 Å². The average molecular weight is 378 g/mol. The van der Waals surface area contributed by atoms with Crippen molar-refractivity contribution in [3.63, 3.8) is 0 Å². The minimum absolute atomic E-state index is 0.0000502. The fourth-order valence-electron chi connectivity index (χ4n) is 5.29. The third-order valence-electron chi connectivity index (χ3n) is 7.08. The summed E-state index contributed by atoms with van der Waals surface area (Å²) in [5.74, 6) is 1.21. The summed E-state index contributed by atoms with van der Waals surface area (Å²) < 4.78 is 17.7. The van der Waals surface area contributed by atoms with Crippen molar-refractivity contribution < 1.29 is 29.5 Å². The Balaban J connectivity index is 1.56. The van der Waals surface area contributed by atoms with Gasteiger partial charge in [0, 0.05) is 16.9 Å². The predicted molar refractivity (Wildman–Crippen MR) is 98.4 cm³/mol. The van der Waals surface area contributed by atoms with Crippen LogP contribution in [0.4, 0.5) is 0 Å². The van der Waals surface area contributed by atoms with E-state index in [0.29, 0.717) is 6.61 Å². The number of hydrogen-bond acceptors (Lipinski definition) is 6. The molecule has 2 fully saturated rings. The molecule has 1 aromatic carbocycles. The van der Waals surface area contributed by atoms with Gasteiger partial charge in [0.05, 0.1) is 19.3 Å². The van der Waals surface area contributed by atoms with E-state index in [1.54, 1.807) is 0 Å². The van der Waals surface area contributed by atoms with E-state index in [2.05, 4.69) is 32.9 Å². The highest BCUT2D eigenvalue weighted by Gasteiger charge is 2.56. The molecule has 3 N–H and O–H groups in total. The van der Waals surface area contributed by atoms with Gasteiger partial charge in [-0.25, -0.2) is 0 Å². The van der Waals surface area contributed by atoms with Crippen LogP contribution in [0.2, 0.25) is 0 Å². The highest BCUT2D eigenvalue weighted by molar-refractivity contribution is 5.43. The number of benzene rings is 1. The zero-order valence-corrected chi connectivity index (χ0v) is 16.2. The second kappa shape index (κ2) is 6.71. The van der Waals surface area contributed by atoms with Crippen LogP contribution in [0.15, 0.2) is 24.3 Å². The second-order valence-electron chi connectivity index (χ2n) is 9.01. The zero-order valence-electron chi connectivity index (χ0n) is 16.2. The van der Waals surface area contributed by atoms with Gasteiger partial charge in [-0.2, -0.15) is 0 Å². The number of para-hydroxylation sites is 1. The zero-order chi connectivity index (χ0) is 19.4. The molecular formula is C21H30O6. The van der Waals surface area contributed by atoms with Gasteiger partial charge in [0.25, 0.3) is 0 Å². The number of fused-ring (bicyclic) bond motifs is 3. The summed E-state index contributed by atoms with van der Waals surface area (Å²) in [6.45, 7) is 7.24. The molecule has 1 saturated heterocycles. The molecule has 6 nitrogen and oxygen atoms in total. The van der Waals surface area contributed by atoms with Crippen molar-refractivity contribution in [1.29, 1.82) is 0 Å². The lowest BCUT2D eigenvalue weighted by atomic mass is 9.52. The molecule has 0 bridgehead atoms. The Morgan fingerprint density at radius 1 is 1.04 bits per heavy atom. The molecule has 2 heterocycles. The molecule has 0 spiro atoms. The largest absolute Gasteiger partial charge is 0.493 e. The summed E-state index contributed by atoms with van der Waals surface area (Å²) in [4.78, 5) is 0. The maximum atomic E-state index is 10.2. The lowest BCUT2D eigenvalue weighted by molar-refractivity contribution is -0.300. The van der Waals surface area contributed by atoms with E-state index in [9.17, 15) is 15.3 Å². The number of hydrogen-bond donors (Lipinski definition) is 3. The minimum Gasteiger partial charge on any atom is -0.493 e. The molecule has 0 unspecified atom stereocenters. The van der Waals surface area contributed by atoms with Gasteiger partial charge in [0.2, 0.25) is 0 Å². The van der Waals surface area contributed by atoms with Gasteiger partial charge in [0.15, 0.2) is 6.29 Å². The molecule has 1 aromatic rings. The Morgan fingerprint density at radius 3 is 2.56 bits per heavy atom. The average Bonchev–Trinajstić information content (AvgIpc) is 2.64. The highest BCUT2D eigenvalue weighted by atomic mass is 16.7. The van der Waals surface area contributed by atoms with E-state index in [4.69, 9.17) is 14.2 Å². The first-order valence-electron chi connectivity index (χ1n) is 9.78. The monoisotopic (exact) mass is 378 g/mol. The van der Waals surface area contributed by atoms with E-state index < -0.39 is 24.6 Å². The maximum Gasteiger partial charge on any atom is 0.186 e. The van der Waals surface area contributed by atoms with Crippen LogP contribution < -0.4 is 4.74 Å². The van der Waals surface area contributed by atoms with E-state index >= 15 is 0 Å². The van der Waals surface area contributed by atoms with Crippen LogP contribution in [0.5, 0.6) is 5.75 Å². The van der Waals surface area contributed by atoms with Crippen molar-refractivity contribution in [3.05, 3.63) is 29.8 Å². The Morgan fingerprint density at radius 2 is 1.78 bits per heavy atom. The second-order valence-corrected chi connectivity index (χ2v) is 9.01. The molecule has 27 heavy (non-hydrogen) atoms. The van der Waals surface area contributed by atoms with Crippen LogP contribution in [0.25, 0.3) is 0 Å². The van der Waals surface area contributed by atoms with E-state index in [1.807, 2.05) is 12.1 Å². The summed E-state index contributed by atoms with van der Waals surface area (Å²) in [5.41, 5.74) is 1.03. The molecule has 7 atom stereocenters. The Hall–Kier alpha value is -1.18. The number of aliphatic hydroxyl groups is 3. The van der Waals surface area contributed by atoms with Crippen LogP contribution >= 0.6 is 0 Å². The third kappa shape index (κ3) is 2.98. The molecule has 1 saturated carbocycles. The van der Waals surface area contributed by atoms with Crippen molar-refractivity contribution in [3.8, 4) is 5.75 Å². The van der Waals surface area contributed by atoms with E-state index in [-0.39, 0.29) is 29.5 Å². The lowest BCUT2D eigenvalue weighted by Gasteiger charge is -2.57. The number of aliphatic hydroxyl groups excluding tert-OH is 3. The van der Waals surface area contributed by atoms with Gasteiger partial charge in [-0.1, -0.05) is 39.0 Å². The summed E-state index contributed by atoms with van der Waals surface area (Å²) >= 11 is 0. The topological polar surface area (TPSA) is 88.4 Å². The predicted octanol–water partition coefficient (Wildman–Crippen LogP) is 1.60. The van der Waals surface area contributed by atoms with Crippen LogP contribution in [-0.4, -0.2) is 59.2 Å². The minimum atomic E-state index is -1.26. The lowest BCUT2D eigenvalue weighted by Crippen LogP contribution is -2.60. The molecule has 150 valence electrons. The summed E-state index contributed by atoms with van der Waals surface area (Å²) in [6, 6.07) is 8.25. The first-order valence-corrected chi connectivity index (χ1v) is 9.78. The smallest absolute Gasteiger partial charge is 0.186 e. The number of rotatable bonds is 2. The first kappa shape index (κ1) is 19.2. The Labute approximate surface area is 160 Å².